The molecular weight excluding hydrogens is 158 g/mol. The molecule has 1 aliphatic carbocycles. The van der Waals surface area contributed by atoms with Crippen molar-refractivity contribution in [1.82, 2.24) is 0 Å². The predicted octanol–water partition coefficient (Wildman–Crippen LogP) is 1.69. The molecule has 0 aromatic carbocycles. The van der Waals surface area contributed by atoms with Crippen LogP contribution in [0.3, 0.4) is 0 Å². The molecule has 2 nitrogen and oxygen atoms in total. The molecule has 0 amide bonds. The number of thiocarbonyl (C=S) groups is 1. The average molecular weight is 163 g/mol. The second kappa shape index (κ2) is 3.79. The van der Waals surface area contributed by atoms with Crippen molar-refractivity contribution in [1.29, 1.82) is 0 Å². The van der Waals surface area contributed by atoms with Gasteiger partial charge in [-0.1, -0.05) is 6.08 Å². The third kappa shape index (κ3) is 2.10. The van der Waals surface area contributed by atoms with Crippen LogP contribution in [0.5, 0.6) is 0 Å². The first kappa shape index (κ1) is 7.83. The normalized spacial score (nSPS) is 14.9. The highest BCUT2D eigenvalue weighted by Crippen LogP contribution is 2.15. The van der Waals surface area contributed by atoms with Crippen LogP contribution >= 0.6 is 12.2 Å². The Bertz CT molecular complexity index is 315. The lowest BCUT2D eigenvalue weighted by atomic mass is 10.1. The quantitative estimate of drug-likeness (QED) is 0.334. The van der Waals surface area contributed by atoms with Gasteiger partial charge in [0.1, 0.15) is 5.94 Å². The van der Waals surface area contributed by atoms with E-state index in [2.05, 4.69) is 22.4 Å². The molecule has 0 heterocycles. The second-order valence-corrected chi connectivity index (χ2v) is 2.21. The van der Waals surface area contributed by atoms with Gasteiger partial charge in [-0.3, -0.25) is 0 Å². The largest absolute Gasteiger partial charge is 0.233 e. The fourth-order valence-corrected chi connectivity index (χ4v) is 0.911. The summed E-state index contributed by atoms with van der Waals surface area (Å²) in [7, 11) is 0. The predicted molar refractivity (Wildman–Crippen MR) is 46.1 cm³/mol. The molecule has 0 aliphatic heterocycles. The zero-order valence-corrected chi connectivity index (χ0v) is 6.52. The number of rotatable bonds is 1. The summed E-state index contributed by atoms with van der Waals surface area (Å²) in [6, 6.07) is 0. The van der Waals surface area contributed by atoms with E-state index in [1.165, 1.54) is 0 Å². The first-order valence-corrected chi connectivity index (χ1v) is 3.46. The average Bonchev–Trinajstić information content (AvgIpc) is 2.06. The Morgan fingerprint density at radius 2 is 2.45 bits per heavy atom. The van der Waals surface area contributed by atoms with Crippen molar-refractivity contribution in [3.8, 4) is 0 Å². The van der Waals surface area contributed by atoms with Crippen LogP contribution in [-0.2, 0) is 4.79 Å². The van der Waals surface area contributed by atoms with E-state index in [-0.39, 0.29) is 0 Å². The van der Waals surface area contributed by atoms with Crippen LogP contribution in [0, 0.1) is 0 Å². The first-order chi connectivity index (χ1) is 5.36. The van der Waals surface area contributed by atoms with Crippen molar-refractivity contribution in [3.05, 3.63) is 29.5 Å². The molecule has 0 bridgehead atoms. The lowest BCUT2D eigenvalue weighted by Gasteiger charge is -2.00. The van der Waals surface area contributed by atoms with Gasteiger partial charge in [0.15, 0.2) is 0 Å². The van der Waals surface area contributed by atoms with E-state index in [4.69, 9.17) is 0 Å². The van der Waals surface area contributed by atoms with Crippen LogP contribution in [0.1, 0.15) is 6.42 Å². The molecule has 54 valence electrons. The second-order valence-electron chi connectivity index (χ2n) is 2.02. The number of hydrogen-bond donors (Lipinski definition) is 0. The minimum absolute atomic E-state index is 0.504. The molecular formula is C8H5NOS. The van der Waals surface area contributed by atoms with Crippen LogP contribution in [0.15, 0.2) is 34.5 Å². The van der Waals surface area contributed by atoms with E-state index in [0.29, 0.717) is 12.0 Å². The van der Waals surface area contributed by atoms with Gasteiger partial charge < -0.3 is 0 Å². The van der Waals surface area contributed by atoms with E-state index in [1.807, 2.05) is 5.94 Å². The smallest absolute Gasteiger partial charge is 0.128 e. The van der Waals surface area contributed by atoms with Crippen molar-refractivity contribution in [3.63, 3.8) is 0 Å². The fraction of sp³-hybridized carbons (Fsp3) is 0.125. The SMILES string of the molecule is O=C=C1C=CC=C(N=C=S)C1. The summed E-state index contributed by atoms with van der Waals surface area (Å²) < 4.78 is 0. The van der Waals surface area contributed by atoms with Gasteiger partial charge >= 0.3 is 0 Å². The van der Waals surface area contributed by atoms with Crippen molar-refractivity contribution in [2.45, 2.75) is 6.42 Å². The molecule has 0 spiro atoms. The molecule has 3 heteroatoms. The van der Waals surface area contributed by atoms with Gasteiger partial charge in [-0.15, -0.1) is 0 Å². The lowest BCUT2D eigenvalue weighted by Crippen LogP contribution is -1.87. The highest BCUT2D eigenvalue weighted by atomic mass is 32.1. The highest BCUT2D eigenvalue weighted by Gasteiger charge is 2.02. The minimum atomic E-state index is 0.504. The van der Waals surface area contributed by atoms with Crippen molar-refractivity contribution >= 4 is 23.3 Å². The molecule has 1 rings (SSSR count). The fourth-order valence-electron chi connectivity index (χ4n) is 0.794. The van der Waals surface area contributed by atoms with Crippen LogP contribution in [-0.4, -0.2) is 11.1 Å². The molecule has 11 heavy (non-hydrogen) atoms. The highest BCUT2D eigenvalue weighted by molar-refractivity contribution is 7.78. The van der Waals surface area contributed by atoms with Gasteiger partial charge in [-0.05, 0) is 24.4 Å². The Kier molecular flexibility index (Phi) is 2.70. The Labute approximate surface area is 69.6 Å². The van der Waals surface area contributed by atoms with Crippen molar-refractivity contribution < 1.29 is 4.79 Å². The third-order valence-electron chi connectivity index (χ3n) is 1.28. The van der Waals surface area contributed by atoms with Crippen LogP contribution < -0.4 is 0 Å². The summed E-state index contributed by atoms with van der Waals surface area (Å²) in [6.45, 7) is 0. The van der Waals surface area contributed by atoms with Crippen LogP contribution in [0.4, 0.5) is 0 Å². The monoisotopic (exact) mass is 163 g/mol. The zero-order valence-electron chi connectivity index (χ0n) is 5.70. The number of isothiocyanates is 1. The minimum Gasteiger partial charge on any atom is -0.233 e. The summed E-state index contributed by atoms with van der Waals surface area (Å²) in [5.41, 5.74) is 1.34. The Hall–Kier alpha value is -1.27. The Morgan fingerprint density at radius 3 is 3.09 bits per heavy atom. The van der Waals surface area contributed by atoms with E-state index in [0.717, 1.165) is 5.70 Å². The molecule has 0 N–H and O–H groups in total. The molecule has 0 atom stereocenters. The number of allylic oxidation sites excluding steroid dienone is 4. The van der Waals surface area contributed by atoms with E-state index in [9.17, 15) is 4.79 Å². The maximum atomic E-state index is 10.2. The van der Waals surface area contributed by atoms with Gasteiger partial charge in [-0.2, -0.15) is 4.99 Å². The Morgan fingerprint density at radius 1 is 1.64 bits per heavy atom. The van der Waals surface area contributed by atoms with Crippen molar-refractivity contribution in [2.24, 2.45) is 4.99 Å². The van der Waals surface area contributed by atoms with Crippen LogP contribution in [0.2, 0.25) is 0 Å². The summed E-state index contributed by atoms with van der Waals surface area (Å²) in [5, 5.41) is 2.25. The van der Waals surface area contributed by atoms with Gasteiger partial charge in [-0.25, -0.2) is 4.79 Å². The number of nitrogens with zero attached hydrogens (tertiary/aromatic N) is 1. The summed E-state index contributed by atoms with van der Waals surface area (Å²) in [5.74, 6) is 1.81. The molecule has 0 aromatic heterocycles. The van der Waals surface area contributed by atoms with Gasteiger partial charge in [0, 0.05) is 12.0 Å². The lowest BCUT2D eigenvalue weighted by molar-refractivity contribution is 0.567. The van der Waals surface area contributed by atoms with Gasteiger partial charge in [0.05, 0.1) is 10.9 Å². The molecule has 1 aliphatic rings. The maximum Gasteiger partial charge on any atom is 0.128 e. The molecule has 0 saturated heterocycles. The topological polar surface area (TPSA) is 29.4 Å². The maximum absolute atomic E-state index is 10.2. The third-order valence-corrected chi connectivity index (χ3v) is 1.37. The number of aliphatic imine (C=N–C) groups is 1. The summed E-state index contributed by atoms with van der Waals surface area (Å²) in [4.78, 5) is 13.9. The molecule has 0 aromatic rings. The number of carbonyl (C=O) groups excluding carboxylic acids is 1. The van der Waals surface area contributed by atoms with E-state index < -0.39 is 0 Å². The van der Waals surface area contributed by atoms with E-state index in [1.54, 1.807) is 18.2 Å². The molecule has 0 fully saturated rings. The molecule has 0 saturated carbocycles. The Balaban J connectivity index is 2.88. The zero-order chi connectivity index (χ0) is 8.10. The number of hydrogen-bond acceptors (Lipinski definition) is 3. The summed E-state index contributed by atoms with van der Waals surface area (Å²) in [6.07, 6.45) is 5.74. The first-order valence-electron chi connectivity index (χ1n) is 3.06. The molecule has 0 unspecified atom stereocenters. The van der Waals surface area contributed by atoms with Gasteiger partial charge in [0.25, 0.3) is 0 Å². The van der Waals surface area contributed by atoms with Gasteiger partial charge in [0.2, 0.25) is 0 Å². The summed E-state index contributed by atoms with van der Waals surface area (Å²) >= 11 is 4.42. The standard InChI is InChI=1S/C8H5NOS/c10-5-7-2-1-3-8(4-7)9-6-11/h1-3H,4H2. The van der Waals surface area contributed by atoms with E-state index >= 15 is 0 Å². The van der Waals surface area contributed by atoms with Crippen molar-refractivity contribution in [2.75, 3.05) is 0 Å². The molecule has 0 radical (unpaired) electrons. The van der Waals surface area contributed by atoms with Crippen LogP contribution in [0.25, 0.3) is 0 Å².